The number of rotatable bonds is 8. The van der Waals surface area contributed by atoms with Gasteiger partial charge in [0.2, 0.25) is 0 Å². The van der Waals surface area contributed by atoms with Gasteiger partial charge in [-0.05, 0) is 49.9 Å². The Kier molecular flexibility index (Phi) is 6.63. The molecule has 0 amide bonds. The van der Waals surface area contributed by atoms with E-state index in [4.69, 9.17) is 5.73 Å². The summed E-state index contributed by atoms with van der Waals surface area (Å²) < 4.78 is 13.8. The fourth-order valence-corrected chi connectivity index (χ4v) is 2.47. The third-order valence-corrected chi connectivity index (χ3v) is 3.79. The standard InChI is InChI=1S/C17H29FN2/c1-5-10-20(13-17(3,4)12-19)14(2)11-15-8-6-7-9-16(15)18/h6-9,14H,5,10-13,19H2,1-4H3. The van der Waals surface area contributed by atoms with Crippen molar-refractivity contribution in [2.45, 2.75) is 46.6 Å². The van der Waals surface area contributed by atoms with Crippen LogP contribution in [0.3, 0.4) is 0 Å². The summed E-state index contributed by atoms with van der Waals surface area (Å²) in [5.74, 6) is -0.103. The monoisotopic (exact) mass is 280 g/mol. The molecule has 0 radical (unpaired) electrons. The highest BCUT2D eigenvalue weighted by Crippen LogP contribution is 2.19. The van der Waals surface area contributed by atoms with E-state index < -0.39 is 0 Å². The van der Waals surface area contributed by atoms with Crippen molar-refractivity contribution in [2.75, 3.05) is 19.6 Å². The predicted molar refractivity (Wildman–Crippen MR) is 84.3 cm³/mol. The largest absolute Gasteiger partial charge is 0.330 e. The zero-order chi connectivity index (χ0) is 15.2. The maximum atomic E-state index is 13.8. The molecule has 0 aliphatic carbocycles. The Morgan fingerprint density at radius 3 is 2.50 bits per heavy atom. The van der Waals surface area contributed by atoms with E-state index in [1.165, 1.54) is 6.07 Å². The molecule has 2 N–H and O–H groups in total. The van der Waals surface area contributed by atoms with Crippen LogP contribution >= 0.6 is 0 Å². The van der Waals surface area contributed by atoms with Crippen LogP contribution in [0.2, 0.25) is 0 Å². The van der Waals surface area contributed by atoms with Crippen LogP contribution in [-0.4, -0.2) is 30.6 Å². The van der Waals surface area contributed by atoms with Crippen molar-refractivity contribution in [3.05, 3.63) is 35.6 Å². The molecule has 0 aromatic heterocycles. The van der Waals surface area contributed by atoms with Gasteiger partial charge in [-0.15, -0.1) is 0 Å². The second-order valence-electron chi connectivity index (χ2n) is 6.48. The molecule has 1 rings (SSSR count). The van der Waals surface area contributed by atoms with Crippen molar-refractivity contribution in [1.29, 1.82) is 0 Å². The third kappa shape index (κ3) is 5.22. The van der Waals surface area contributed by atoms with Crippen LogP contribution in [0.15, 0.2) is 24.3 Å². The SMILES string of the molecule is CCCN(CC(C)(C)CN)C(C)Cc1ccccc1F. The molecule has 0 saturated heterocycles. The lowest BCUT2D eigenvalue weighted by Crippen LogP contribution is -2.44. The minimum Gasteiger partial charge on any atom is -0.330 e. The lowest BCUT2D eigenvalue weighted by Gasteiger charge is -2.36. The quantitative estimate of drug-likeness (QED) is 0.790. The highest BCUT2D eigenvalue weighted by molar-refractivity contribution is 5.18. The summed E-state index contributed by atoms with van der Waals surface area (Å²) in [5, 5.41) is 0. The van der Waals surface area contributed by atoms with Crippen LogP contribution in [0.1, 0.15) is 39.7 Å². The van der Waals surface area contributed by atoms with Crippen molar-refractivity contribution in [3.63, 3.8) is 0 Å². The second-order valence-corrected chi connectivity index (χ2v) is 6.48. The average molecular weight is 280 g/mol. The minimum atomic E-state index is -0.103. The molecule has 114 valence electrons. The maximum absolute atomic E-state index is 13.8. The van der Waals surface area contributed by atoms with Crippen molar-refractivity contribution >= 4 is 0 Å². The molecule has 20 heavy (non-hydrogen) atoms. The van der Waals surface area contributed by atoms with Crippen LogP contribution in [0.4, 0.5) is 4.39 Å². The van der Waals surface area contributed by atoms with E-state index in [0.717, 1.165) is 31.5 Å². The summed E-state index contributed by atoms with van der Waals surface area (Å²) in [6.45, 7) is 11.4. The van der Waals surface area contributed by atoms with Gasteiger partial charge >= 0.3 is 0 Å². The Morgan fingerprint density at radius 1 is 1.30 bits per heavy atom. The van der Waals surface area contributed by atoms with Gasteiger partial charge in [0.1, 0.15) is 5.82 Å². The topological polar surface area (TPSA) is 29.3 Å². The van der Waals surface area contributed by atoms with Crippen LogP contribution in [0.25, 0.3) is 0 Å². The predicted octanol–water partition coefficient (Wildman–Crippen LogP) is 3.45. The summed E-state index contributed by atoms with van der Waals surface area (Å²) in [7, 11) is 0. The fraction of sp³-hybridized carbons (Fsp3) is 0.647. The molecule has 0 fully saturated rings. The molecule has 0 spiro atoms. The Labute approximate surface area is 123 Å². The highest BCUT2D eigenvalue weighted by Gasteiger charge is 2.23. The number of hydrogen-bond donors (Lipinski definition) is 1. The van der Waals surface area contributed by atoms with E-state index in [-0.39, 0.29) is 11.2 Å². The van der Waals surface area contributed by atoms with Crippen molar-refractivity contribution in [1.82, 2.24) is 4.90 Å². The van der Waals surface area contributed by atoms with Gasteiger partial charge in [-0.2, -0.15) is 0 Å². The first-order chi connectivity index (χ1) is 9.39. The fourth-order valence-electron chi connectivity index (χ4n) is 2.47. The molecule has 0 aliphatic rings. The first-order valence-corrected chi connectivity index (χ1v) is 7.57. The molecule has 1 aromatic carbocycles. The van der Waals surface area contributed by atoms with Gasteiger partial charge in [0.05, 0.1) is 0 Å². The number of benzene rings is 1. The second kappa shape index (κ2) is 7.75. The van der Waals surface area contributed by atoms with E-state index in [1.807, 2.05) is 12.1 Å². The summed E-state index contributed by atoms with van der Waals surface area (Å²) in [6, 6.07) is 7.38. The Morgan fingerprint density at radius 2 is 1.95 bits per heavy atom. The molecule has 1 aromatic rings. The van der Waals surface area contributed by atoms with Gasteiger partial charge in [-0.25, -0.2) is 4.39 Å². The molecule has 0 saturated carbocycles. The van der Waals surface area contributed by atoms with Crippen LogP contribution in [0.5, 0.6) is 0 Å². The van der Waals surface area contributed by atoms with E-state index in [1.54, 1.807) is 6.07 Å². The minimum absolute atomic E-state index is 0.0959. The summed E-state index contributed by atoms with van der Waals surface area (Å²) >= 11 is 0. The lowest BCUT2D eigenvalue weighted by molar-refractivity contribution is 0.139. The summed E-state index contributed by atoms with van der Waals surface area (Å²) in [5.41, 5.74) is 6.73. The average Bonchev–Trinajstić information content (AvgIpc) is 2.40. The number of halogens is 1. The Bertz CT molecular complexity index is 404. The van der Waals surface area contributed by atoms with Gasteiger partial charge in [0, 0.05) is 12.6 Å². The molecular formula is C17H29FN2. The van der Waals surface area contributed by atoms with Crippen LogP contribution in [0, 0.1) is 11.2 Å². The maximum Gasteiger partial charge on any atom is 0.126 e. The van der Waals surface area contributed by atoms with Crippen molar-refractivity contribution in [3.8, 4) is 0 Å². The van der Waals surface area contributed by atoms with E-state index in [0.29, 0.717) is 12.6 Å². The molecule has 3 heteroatoms. The molecule has 0 bridgehead atoms. The Hall–Kier alpha value is -0.930. The molecule has 1 atom stereocenters. The van der Waals surface area contributed by atoms with Gasteiger partial charge in [0.25, 0.3) is 0 Å². The molecule has 0 heterocycles. The van der Waals surface area contributed by atoms with Gasteiger partial charge < -0.3 is 5.73 Å². The van der Waals surface area contributed by atoms with Crippen molar-refractivity contribution in [2.24, 2.45) is 11.1 Å². The van der Waals surface area contributed by atoms with E-state index in [9.17, 15) is 4.39 Å². The zero-order valence-electron chi connectivity index (χ0n) is 13.3. The number of nitrogens with zero attached hydrogens (tertiary/aromatic N) is 1. The summed E-state index contributed by atoms with van der Waals surface area (Å²) in [6.07, 6.45) is 1.84. The smallest absolute Gasteiger partial charge is 0.126 e. The molecule has 1 unspecified atom stereocenters. The highest BCUT2D eigenvalue weighted by atomic mass is 19.1. The van der Waals surface area contributed by atoms with Gasteiger partial charge in [-0.3, -0.25) is 4.90 Å². The first kappa shape index (κ1) is 17.1. The van der Waals surface area contributed by atoms with Gasteiger partial charge in [-0.1, -0.05) is 39.0 Å². The number of nitrogens with two attached hydrogens (primary N) is 1. The molecule has 0 aliphatic heterocycles. The van der Waals surface area contributed by atoms with E-state index >= 15 is 0 Å². The molecular weight excluding hydrogens is 251 g/mol. The Balaban J connectivity index is 2.74. The molecule has 2 nitrogen and oxygen atoms in total. The zero-order valence-corrected chi connectivity index (χ0v) is 13.3. The van der Waals surface area contributed by atoms with Crippen LogP contribution < -0.4 is 5.73 Å². The van der Waals surface area contributed by atoms with Gasteiger partial charge in [0.15, 0.2) is 0 Å². The summed E-state index contributed by atoms with van der Waals surface area (Å²) in [4.78, 5) is 2.43. The van der Waals surface area contributed by atoms with Crippen molar-refractivity contribution < 1.29 is 4.39 Å². The lowest BCUT2D eigenvalue weighted by atomic mass is 9.91. The van der Waals surface area contributed by atoms with E-state index in [2.05, 4.69) is 32.6 Å². The first-order valence-electron chi connectivity index (χ1n) is 7.57. The normalized spacial score (nSPS) is 13.8. The van der Waals surface area contributed by atoms with Crippen LogP contribution in [-0.2, 0) is 6.42 Å². The number of hydrogen-bond acceptors (Lipinski definition) is 2. The third-order valence-electron chi connectivity index (χ3n) is 3.79.